The normalized spacial score (nSPS) is 21.2. The molecule has 1 unspecified atom stereocenters. The Balaban J connectivity index is 2.44. The maximum Gasteiger partial charge on any atom is 0.0524 e. The summed E-state index contributed by atoms with van der Waals surface area (Å²) in [5.74, 6) is 0. The Morgan fingerprint density at radius 3 is 2.50 bits per heavy atom. The lowest BCUT2D eigenvalue weighted by atomic mass is 9.73. The highest BCUT2D eigenvalue weighted by Crippen LogP contribution is 2.36. The maximum atomic E-state index is 9.37. The minimum Gasteiger partial charge on any atom is -0.393 e. The third-order valence-electron chi connectivity index (χ3n) is 4.20. The molecule has 1 aliphatic rings. The Labute approximate surface area is 113 Å². The molecular weight excluding hydrogens is 224 g/mol. The second kappa shape index (κ2) is 8.13. The van der Waals surface area contributed by atoms with Crippen molar-refractivity contribution in [3.8, 4) is 0 Å². The molecule has 0 amide bonds. The first-order chi connectivity index (χ1) is 8.58. The van der Waals surface area contributed by atoms with Gasteiger partial charge in [0.25, 0.3) is 0 Å². The number of rotatable bonds is 8. The Morgan fingerprint density at radius 1 is 1.28 bits per heavy atom. The quantitative estimate of drug-likeness (QED) is 0.699. The zero-order valence-electron chi connectivity index (χ0n) is 12.5. The number of nitrogens with one attached hydrogen (secondary N) is 1. The van der Waals surface area contributed by atoms with Gasteiger partial charge in [0.1, 0.15) is 0 Å². The van der Waals surface area contributed by atoms with Crippen molar-refractivity contribution in [2.45, 2.75) is 58.5 Å². The lowest BCUT2D eigenvalue weighted by Gasteiger charge is -2.40. The third kappa shape index (κ3) is 5.68. The van der Waals surface area contributed by atoms with Crippen molar-refractivity contribution in [2.24, 2.45) is 5.41 Å². The molecule has 1 atom stereocenters. The van der Waals surface area contributed by atoms with Gasteiger partial charge in [-0.25, -0.2) is 0 Å². The first-order valence-corrected chi connectivity index (χ1v) is 7.65. The number of nitrogens with zero attached hydrogens (tertiary/aromatic N) is 1. The predicted molar refractivity (Wildman–Crippen MR) is 77.9 cm³/mol. The molecule has 18 heavy (non-hydrogen) atoms. The van der Waals surface area contributed by atoms with Crippen LogP contribution >= 0.6 is 0 Å². The van der Waals surface area contributed by atoms with E-state index in [4.69, 9.17) is 0 Å². The predicted octanol–water partition coefficient (Wildman–Crippen LogP) is 2.25. The summed E-state index contributed by atoms with van der Waals surface area (Å²) in [5, 5.41) is 12.9. The molecule has 2 N–H and O–H groups in total. The molecule has 0 spiro atoms. The van der Waals surface area contributed by atoms with Gasteiger partial charge in [0.15, 0.2) is 0 Å². The molecule has 1 aliphatic carbocycles. The molecule has 0 aliphatic heterocycles. The fourth-order valence-corrected chi connectivity index (χ4v) is 3.14. The average molecular weight is 256 g/mol. The van der Waals surface area contributed by atoms with E-state index >= 15 is 0 Å². The van der Waals surface area contributed by atoms with Crippen molar-refractivity contribution < 1.29 is 5.11 Å². The van der Waals surface area contributed by atoms with Crippen LogP contribution in [0.1, 0.15) is 52.4 Å². The highest BCUT2D eigenvalue weighted by atomic mass is 16.3. The molecular formula is C15H32N2O. The Bertz CT molecular complexity index is 213. The van der Waals surface area contributed by atoms with Crippen LogP contribution in [0.4, 0.5) is 0 Å². The van der Waals surface area contributed by atoms with Crippen LogP contribution in [0, 0.1) is 5.41 Å². The van der Waals surface area contributed by atoms with Crippen molar-refractivity contribution in [1.82, 2.24) is 10.2 Å². The molecule has 3 heteroatoms. The molecule has 1 fully saturated rings. The van der Waals surface area contributed by atoms with Crippen LogP contribution in [-0.2, 0) is 0 Å². The molecule has 1 saturated carbocycles. The summed E-state index contributed by atoms with van der Waals surface area (Å²) in [5.41, 5.74) is 0.474. The van der Waals surface area contributed by atoms with Crippen molar-refractivity contribution >= 4 is 0 Å². The summed E-state index contributed by atoms with van der Waals surface area (Å²) in [6, 6.07) is 0. The van der Waals surface area contributed by atoms with Gasteiger partial charge < -0.3 is 15.3 Å². The van der Waals surface area contributed by atoms with Crippen molar-refractivity contribution in [3.05, 3.63) is 0 Å². The summed E-state index contributed by atoms with van der Waals surface area (Å²) in [6.07, 6.45) is 7.60. The minimum absolute atomic E-state index is 0.177. The largest absolute Gasteiger partial charge is 0.393 e. The maximum absolute atomic E-state index is 9.37. The van der Waals surface area contributed by atoms with Crippen LogP contribution in [0.5, 0.6) is 0 Å². The van der Waals surface area contributed by atoms with Crippen molar-refractivity contribution in [1.29, 1.82) is 0 Å². The van der Waals surface area contributed by atoms with E-state index in [0.717, 1.165) is 26.1 Å². The molecule has 0 bridgehead atoms. The molecule has 0 aromatic rings. The molecule has 3 nitrogen and oxygen atoms in total. The third-order valence-corrected chi connectivity index (χ3v) is 4.20. The number of aliphatic hydroxyl groups excluding tert-OH is 1. The number of aliphatic hydroxyl groups is 1. The van der Waals surface area contributed by atoms with Crippen LogP contribution in [-0.4, -0.2) is 49.3 Å². The van der Waals surface area contributed by atoms with E-state index in [0.29, 0.717) is 5.41 Å². The Kier molecular flexibility index (Phi) is 7.20. The van der Waals surface area contributed by atoms with Crippen LogP contribution in [0.2, 0.25) is 0 Å². The van der Waals surface area contributed by atoms with E-state index < -0.39 is 0 Å². The Morgan fingerprint density at radius 2 is 1.94 bits per heavy atom. The van der Waals surface area contributed by atoms with E-state index in [9.17, 15) is 5.11 Å². The average Bonchev–Trinajstić information content (AvgIpc) is 2.35. The number of hydrogen-bond acceptors (Lipinski definition) is 3. The highest BCUT2D eigenvalue weighted by molar-refractivity contribution is 4.87. The fraction of sp³-hybridized carbons (Fsp3) is 1.00. The van der Waals surface area contributed by atoms with E-state index in [2.05, 4.69) is 24.2 Å². The molecule has 1 rings (SSSR count). The lowest BCUT2D eigenvalue weighted by Crippen LogP contribution is -2.44. The highest BCUT2D eigenvalue weighted by Gasteiger charge is 2.32. The van der Waals surface area contributed by atoms with E-state index in [1.165, 1.54) is 38.6 Å². The molecule has 0 heterocycles. The van der Waals surface area contributed by atoms with Gasteiger partial charge >= 0.3 is 0 Å². The summed E-state index contributed by atoms with van der Waals surface area (Å²) in [6.45, 7) is 8.47. The van der Waals surface area contributed by atoms with Gasteiger partial charge in [-0.1, -0.05) is 26.2 Å². The molecule has 0 aromatic carbocycles. The molecule has 0 aromatic heterocycles. The first kappa shape index (κ1) is 15.9. The lowest BCUT2D eigenvalue weighted by molar-refractivity contribution is 0.103. The standard InChI is InChI=1S/C15H32N2O/c1-4-16-12-15(9-6-5-7-10-15)13-17(3)11-8-14(2)18/h14,16,18H,4-13H2,1-3H3. The minimum atomic E-state index is -0.177. The summed E-state index contributed by atoms with van der Waals surface area (Å²) < 4.78 is 0. The summed E-state index contributed by atoms with van der Waals surface area (Å²) >= 11 is 0. The van der Waals surface area contributed by atoms with Crippen LogP contribution in [0.3, 0.4) is 0 Å². The Hall–Kier alpha value is -0.120. The second-order valence-corrected chi connectivity index (χ2v) is 6.22. The van der Waals surface area contributed by atoms with Crippen molar-refractivity contribution in [3.63, 3.8) is 0 Å². The van der Waals surface area contributed by atoms with Crippen LogP contribution in [0.25, 0.3) is 0 Å². The van der Waals surface area contributed by atoms with Gasteiger partial charge in [-0.05, 0) is 45.2 Å². The topological polar surface area (TPSA) is 35.5 Å². The van der Waals surface area contributed by atoms with Gasteiger partial charge in [0, 0.05) is 19.6 Å². The van der Waals surface area contributed by atoms with Gasteiger partial charge in [-0.3, -0.25) is 0 Å². The monoisotopic (exact) mass is 256 g/mol. The van der Waals surface area contributed by atoms with E-state index in [1.807, 2.05) is 6.92 Å². The van der Waals surface area contributed by atoms with Crippen LogP contribution < -0.4 is 5.32 Å². The molecule has 108 valence electrons. The van der Waals surface area contributed by atoms with Crippen LogP contribution in [0.15, 0.2) is 0 Å². The molecule has 0 radical (unpaired) electrons. The van der Waals surface area contributed by atoms with Gasteiger partial charge in [-0.15, -0.1) is 0 Å². The summed E-state index contributed by atoms with van der Waals surface area (Å²) in [7, 11) is 2.20. The first-order valence-electron chi connectivity index (χ1n) is 7.65. The van der Waals surface area contributed by atoms with Gasteiger partial charge in [0.2, 0.25) is 0 Å². The van der Waals surface area contributed by atoms with Crippen molar-refractivity contribution in [2.75, 3.05) is 33.2 Å². The molecule has 0 saturated heterocycles. The smallest absolute Gasteiger partial charge is 0.0524 e. The number of hydrogen-bond donors (Lipinski definition) is 2. The van der Waals surface area contributed by atoms with Gasteiger partial charge in [0.05, 0.1) is 6.10 Å². The second-order valence-electron chi connectivity index (χ2n) is 6.22. The van der Waals surface area contributed by atoms with E-state index in [1.54, 1.807) is 0 Å². The zero-order valence-corrected chi connectivity index (χ0v) is 12.5. The van der Waals surface area contributed by atoms with Gasteiger partial charge in [-0.2, -0.15) is 0 Å². The fourth-order valence-electron chi connectivity index (χ4n) is 3.14. The van der Waals surface area contributed by atoms with E-state index in [-0.39, 0.29) is 6.10 Å². The summed E-state index contributed by atoms with van der Waals surface area (Å²) in [4.78, 5) is 2.41. The SMILES string of the molecule is CCNCC1(CN(C)CCC(C)O)CCCCC1. The zero-order chi connectivity index (χ0) is 13.4.